The lowest BCUT2D eigenvalue weighted by molar-refractivity contribution is -0.133. The number of hydroxylamine groups is 1. The van der Waals surface area contributed by atoms with E-state index in [0.29, 0.717) is 36.7 Å². The number of nitrogens with one attached hydrogen (secondary N) is 1. The Hall–Kier alpha value is -3.51. The molecular formula is C25H25FN2O7S. The molecule has 0 spiro atoms. The van der Waals surface area contributed by atoms with Crippen molar-refractivity contribution in [1.29, 1.82) is 0 Å². The summed E-state index contributed by atoms with van der Waals surface area (Å²) in [7, 11) is -2.73. The Bertz CT molecular complexity index is 1330. The Morgan fingerprint density at radius 1 is 1.08 bits per heavy atom. The van der Waals surface area contributed by atoms with Crippen LogP contribution < -0.4 is 15.0 Å². The number of nitrogens with zero attached hydrogens (tertiary/aromatic N) is 1. The lowest BCUT2D eigenvalue weighted by Crippen LogP contribution is -2.46. The van der Waals surface area contributed by atoms with Crippen LogP contribution in [-0.2, 0) is 26.0 Å². The largest absolute Gasteiger partial charge is 0.491 e. The van der Waals surface area contributed by atoms with Crippen LogP contribution >= 0.6 is 0 Å². The molecular weight excluding hydrogens is 491 g/mol. The van der Waals surface area contributed by atoms with Crippen molar-refractivity contribution in [2.75, 3.05) is 26.9 Å². The topological polar surface area (TPSA) is 114 Å². The minimum Gasteiger partial charge on any atom is -0.491 e. The van der Waals surface area contributed by atoms with Crippen molar-refractivity contribution in [3.05, 3.63) is 83.7 Å². The van der Waals surface area contributed by atoms with E-state index in [1.165, 1.54) is 12.1 Å². The van der Waals surface area contributed by atoms with E-state index in [0.717, 1.165) is 15.9 Å². The average Bonchev–Trinajstić information content (AvgIpc) is 2.89. The van der Waals surface area contributed by atoms with E-state index < -0.39 is 27.8 Å². The zero-order valence-corrected chi connectivity index (χ0v) is 20.2. The van der Waals surface area contributed by atoms with E-state index in [2.05, 4.69) is 0 Å². The molecule has 0 unspecified atom stereocenters. The highest BCUT2D eigenvalue weighted by atomic mass is 32.2. The molecule has 0 aromatic heterocycles. The molecule has 11 heteroatoms. The number of carbonyl (C=O) groups excluding carboxylic acids is 1. The molecule has 1 amide bonds. The number of fused-ring (bicyclic) bond motifs is 1. The van der Waals surface area contributed by atoms with Gasteiger partial charge >= 0.3 is 0 Å². The number of sulfonamides is 1. The minimum atomic E-state index is -4.30. The molecule has 3 aromatic carbocycles. The third-order valence-electron chi connectivity index (χ3n) is 5.72. The van der Waals surface area contributed by atoms with Gasteiger partial charge in [0.2, 0.25) is 10.0 Å². The fraction of sp³-hybridized carbons (Fsp3) is 0.240. The Labute approximate surface area is 208 Å². The van der Waals surface area contributed by atoms with Gasteiger partial charge in [-0.2, -0.15) is 4.31 Å². The number of benzene rings is 3. The Balaban J connectivity index is 1.55. The van der Waals surface area contributed by atoms with Crippen molar-refractivity contribution in [1.82, 2.24) is 9.79 Å². The van der Waals surface area contributed by atoms with Crippen molar-refractivity contribution in [2.24, 2.45) is 0 Å². The van der Waals surface area contributed by atoms with Gasteiger partial charge in [0.25, 0.3) is 5.91 Å². The second-order valence-corrected chi connectivity index (χ2v) is 9.84. The first-order valence-electron chi connectivity index (χ1n) is 11.1. The van der Waals surface area contributed by atoms with Gasteiger partial charge in [-0.1, -0.05) is 24.3 Å². The van der Waals surface area contributed by atoms with Gasteiger partial charge in [0.1, 0.15) is 24.1 Å². The molecule has 0 saturated heterocycles. The van der Waals surface area contributed by atoms with Crippen molar-refractivity contribution >= 4 is 15.9 Å². The monoisotopic (exact) mass is 516 g/mol. The van der Waals surface area contributed by atoms with Crippen LogP contribution in [0.15, 0.2) is 71.6 Å². The molecule has 190 valence electrons. The number of ether oxygens (including phenoxy) is 3. The van der Waals surface area contributed by atoms with Crippen molar-refractivity contribution in [3.63, 3.8) is 0 Å². The number of amides is 1. The lowest BCUT2D eigenvalue weighted by Gasteiger charge is -2.34. The SMILES string of the molecule is COCCOc1ccc(Oc2ccc(S(=O)(=O)N3CCc4ccccc4[C@@H]3C(=O)NO)cc2F)cc1. The normalized spacial score (nSPS) is 15.7. The second kappa shape index (κ2) is 11.0. The molecule has 0 saturated carbocycles. The predicted molar refractivity (Wildman–Crippen MR) is 127 cm³/mol. The van der Waals surface area contributed by atoms with Crippen LogP contribution in [0.4, 0.5) is 4.39 Å². The maximum atomic E-state index is 14.9. The first kappa shape index (κ1) is 25.6. The van der Waals surface area contributed by atoms with Gasteiger partial charge in [-0.3, -0.25) is 10.0 Å². The summed E-state index contributed by atoms with van der Waals surface area (Å²) in [5.41, 5.74) is 2.79. The van der Waals surface area contributed by atoms with E-state index in [1.807, 2.05) is 0 Å². The maximum Gasteiger partial charge on any atom is 0.266 e. The number of methoxy groups -OCH3 is 1. The van der Waals surface area contributed by atoms with Crippen LogP contribution in [0, 0.1) is 5.82 Å². The summed E-state index contributed by atoms with van der Waals surface area (Å²) in [4.78, 5) is 12.1. The van der Waals surface area contributed by atoms with Crippen molar-refractivity contribution in [2.45, 2.75) is 17.4 Å². The fourth-order valence-electron chi connectivity index (χ4n) is 3.97. The number of halogens is 1. The zero-order valence-electron chi connectivity index (χ0n) is 19.4. The van der Waals surface area contributed by atoms with Crippen LogP contribution in [0.1, 0.15) is 17.2 Å². The van der Waals surface area contributed by atoms with Crippen molar-refractivity contribution in [3.8, 4) is 17.2 Å². The van der Waals surface area contributed by atoms with Crippen LogP contribution in [0.2, 0.25) is 0 Å². The standard InChI is InChI=1S/C25H25FN2O7S/c1-33-14-15-34-18-6-8-19(9-7-18)35-23-11-10-20(16-22(23)26)36(31,32)28-13-12-17-4-2-3-5-21(17)24(28)25(29)27-30/h2-11,16,24,30H,12-15H2,1H3,(H,27,29)/t24-/m1/s1. The van der Waals surface area contributed by atoms with Gasteiger partial charge < -0.3 is 14.2 Å². The van der Waals surface area contributed by atoms with Gasteiger partial charge in [-0.25, -0.2) is 18.3 Å². The molecule has 0 aliphatic carbocycles. The highest BCUT2D eigenvalue weighted by molar-refractivity contribution is 7.89. The van der Waals surface area contributed by atoms with Gasteiger partial charge in [-0.15, -0.1) is 0 Å². The summed E-state index contributed by atoms with van der Waals surface area (Å²) < 4.78 is 58.7. The van der Waals surface area contributed by atoms with E-state index in [-0.39, 0.29) is 17.2 Å². The van der Waals surface area contributed by atoms with Gasteiger partial charge in [0, 0.05) is 13.7 Å². The predicted octanol–water partition coefficient (Wildman–Crippen LogP) is 3.44. The molecule has 1 aliphatic heterocycles. The molecule has 2 N–H and O–H groups in total. The summed E-state index contributed by atoms with van der Waals surface area (Å²) >= 11 is 0. The quantitative estimate of drug-likeness (QED) is 0.254. The Kier molecular flexibility index (Phi) is 7.85. The number of hydrogen-bond donors (Lipinski definition) is 2. The minimum absolute atomic E-state index is 0.0178. The zero-order chi connectivity index (χ0) is 25.7. The van der Waals surface area contributed by atoms with Crippen molar-refractivity contribution < 1.29 is 37.0 Å². The Morgan fingerprint density at radius 2 is 1.81 bits per heavy atom. The summed E-state index contributed by atoms with van der Waals surface area (Å²) in [6.07, 6.45) is 0.361. The van der Waals surface area contributed by atoms with E-state index in [9.17, 15) is 22.8 Å². The summed E-state index contributed by atoms with van der Waals surface area (Å²) in [6.45, 7) is 0.800. The number of hydrogen-bond acceptors (Lipinski definition) is 7. The first-order chi connectivity index (χ1) is 17.3. The van der Waals surface area contributed by atoms with Crippen LogP contribution in [0.5, 0.6) is 17.2 Å². The van der Waals surface area contributed by atoms with Crippen LogP contribution in [-0.4, -0.2) is 50.7 Å². The molecule has 1 atom stereocenters. The molecule has 0 bridgehead atoms. The second-order valence-electron chi connectivity index (χ2n) is 7.95. The molecule has 36 heavy (non-hydrogen) atoms. The molecule has 0 radical (unpaired) electrons. The Morgan fingerprint density at radius 3 is 2.50 bits per heavy atom. The molecule has 1 aliphatic rings. The highest BCUT2D eigenvalue weighted by Crippen LogP contribution is 2.36. The first-order valence-corrected chi connectivity index (χ1v) is 12.5. The third kappa shape index (κ3) is 5.34. The molecule has 4 rings (SSSR count). The highest BCUT2D eigenvalue weighted by Gasteiger charge is 2.40. The maximum absolute atomic E-state index is 14.9. The van der Waals surface area contributed by atoms with Crippen LogP contribution in [0.25, 0.3) is 0 Å². The lowest BCUT2D eigenvalue weighted by atomic mass is 9.94. The molecule has 9 nitrogen and oxygen atoms in total. The summed E-state index contributed by atoms with van der Waals surface area (Å²) in [5.74, 6) is -1.05. The van der Waals surface area contributed by atoms with Gasteiger partial charge in [0.05, 0.1) is 11.5 Å². The molecule has 0 fully saturated rings. The molecule has 1 heterocycles. The average molecular weight is 517 g/mol. The van der Waals surface area contributed by atoms with Gasteiger partial charge in [-0.05, 0) is 60.0 Å². The van der Waals surface area contributed by atoms with E-state index in [1.54, 1.807) is 61.1 Å². The van der Waals surface area contributed by atoms with E-state index in [4.69, 9.17) is 14.2 Å². The van der Waals surface area contributed by atoms with Crippen LogP contribution in [0.3, 0.4) is 0 Å². The van der Waals surface area contributed by atoms with Gasteiger partial charge in [0.15, 0.2) is 11.6 Å². The smallest absolute Gasteiger partial charge is 0.266 e. The molecule has 3 aromatic rings. The number of rotatable bonds is 9. The summed E-state index contributed by atoms with van der Waals surface area (Å²) in [6, 6.07) is 15.4. The summed E-state index contributed by atoms with van der Waals surface area (Å²) in [5, 5.41) is 9.25. The third-order valence-corrected chi connectivity index (χ3v) is 7.58. The fourth-order valence-corrected chi connectivity index (χ4v) is 5.55. The number of carbonyl (C=O) groups is 1. The van der Waals surface area contributed by atoms with E-state index >= 15 is 0 Å².